The lowest BCUT2D eigenvalue weighted by atomic mass is 10.2. The molecule has 1 heterocycles. The molecule has 3 rings (SSSR count). The number of nitrogens with zero attached hydrogens (tertiary/aromatic N) is 1. The number of amides is 3. The van der Waals surface area contributed by atoms with Crippen LogP contribution in [0, 0.1) is 0 Å². The third-order valence-corrected chi connectivity index (χ3v) is 5.11. The van der Waals surface area contributed by atoms with Crippen molar-refractivity contribution in [2.24, 2.45) is 0 Å². The molecule has 0 radical (unpaired) electrons. The molecule has 1 saturated heterocycles. The summed E-state index contributed by atoms with van der Waals surface area (Å²) in [5.41, 5.74) is 1.18. The number of anilines is 1. The van der Waals surface area contributed by atoms with Crippen molar-refractivity contribution < 1.29 is 19.1 Å². The van der Waals surface area contributed by atoms with Crippen molar-refractivity contribution in [3.63, 3.8) is 0 Å². The Hall–Kier alpha value is -2.77. The predicted octanol–water partition coefficient (Wildman–Crippen LogP) is 4.80. The Kier molecular flexibility index (Phi) is 6.61. The van der Waals surface area contributed by atoms with Crippen molar-refractivity contribution in [3.05, 3.63) is 64.0 Å². The molecule has 1 aliphatic heterocycles. The predicted molar refractivity (Wildman–Crippen MR) is 115 cm³/mol. The number of carbonyl (C=O) groups is 3. The first kappa shape index (κ1) is 21.0. The average Bonchev–Trinajstić information content (AvgIpc) is 2.92. The highest BCUT2D eigenvalue weighted by molar-refractivity contribution is 8.18. The molecule has 0 spiro atoms. The van der Waals surface area contributed by atoms with Crippen molar-refractivity contribution in [3.8, 4) is 5.75 Å². The number of carbonyl (C=O) groups excluding carboxylic acids is 3. The van der Waals surface area contributed by atoms with Crippen LogP contribution < -0.4 is 10.1 Å². The number of hydrogen-bond acceptors (Lipinski definition) is 5. The molecule has 3 amide bonds. The quantitative estimate of drug-likeness (QED) is 0.666. The Bertz CT molecular complexity index is 973. The first-order chi connectivity index (χ1) is 13.8. The minimum atomic E-state index is -0.503. The lowest BCUT2D eigenvalue weighted by Gasteiger charge is -2.13. The lowest BCUT2D eigenvalue weighted by molar-refractivity contribution is -0.127. The molecule has 0 bridgehead atoms. The van der Waals surface area contributed by atoms with Gasteiger partial charge in [0.25, 0.3) is 11.1 Å². The summed E-state index contributed by atoms with van der Waals surface area (Å²) in [6.45, 7) is 3.49. The number of halogens is 1. The summed E-state index contributed by atoms with van der Waals surface area (Å²) in [4.78, 5) is 38.2. The van der Waals surface area contributed by atoms with Crippen LogP contribution in [0.4, 0.5) is 10.5 Å². The molecule has 1 aliphatic rings. The summed E-state index contributed by atoms with van der Waals surface area (Å²) < 4.78 is 5.59. The molecule has 0 aliphatic carbocycles. The van der Waals surface area contributed by atoms with E-state index in [1.807, 2.05) is 13.8 Å². The molecular formula is C21H19ClN2O4S. The van der Waals surface area contributed by atoms with E-state index in [1.165, 1.54) is 0 Å². The van der Waals surface area contributed by atoms with Gasteiger partial charge in [-0.2, -0.15) is 0 Å². The van der Waals surface area contributed by atoms with E-state index in [9.17, 15) is 14.4 Å². The number of hydrogen-bond donors (Lipinski definition) is 1. The highest BCUT2D eigenvalue weighted by Gasteiger charge is 2.36. The highest BCUT2D eigenvalue weighted by Crippen LogP contribution is 2.32. The van der Waals surface area contributed by atoms with Gasteiger partial charge in [0, 0.05) is 0 Å². The second kappa shape index (κ2) is 9.15. The Morgan fingerprint density at radius 1 is 1.17 bits per heavy atom. The molecule has 0 atom stereocenters. The highest BCUT2D eigenvalue weighted by atomic mass is 35.5. The van der Waals surface area contributed by atoms with Gasteiger partial charge in [-0.05, 0) is 61.5 Å². The molecule has 0 saturated carbocycles. The number of imide groups is 1. The van der Waals surface area contributed by atoms with Crippen LogP contribution in [-0.4, -0.2) is 34.6 Å². The fraction of sp³-hybridized carbons (Fsp3) is 0.190. The zero-order chi connectivity index (χ0) is 21.0. The summed E-state index contributed by atoms with van der Waals surface area (Å²) in [7, 11) is 0. The van der Waals surface area contributed by atoms with Gasteiger partial charge in [0.1, 0.15) is 12.3 Å². The second-order valence-corrected chi connectivity index (χ2v) is 7.93. The summed E-state index contributed by atoms with van der Waals surface area (Å²) in [6.07, 6.45) is 1.69. The molecule has 150 valence electrons. The van der Waals surface area contributed by atoms with E-state index in [4.69, 9.17) is 16.3 Å². The molecule has 6 nitrogen and oxygen atoms in total. The Labute approximate surface area is 177 Å². The summed E-state index contributed by atoms with van der Waals surface area (Å²) in [5, 5.41) is 2.49. The molecule has 29 heavy (non-hydrogen) atoms. The van der Waals surface area contributed by atoms with E-state index in [0.29, 0.717) is 10.7 Å². The maximum absolute atomic E-state index is 12.6. The SMILES string of the molecule is CC(C)Oc1ccc(/C=C2/SC(=O)N(CC(=O)Nc3ccccc3Cl)C2=O)cc1. The fourth-order valence-electron chi connectivity index (χ4n) is 2.60. The van der Waals surface area contributed by atoms with Crippen LogP contribution in [0.25, 0.3) is 6.08 Å². The van der Waals surface area contributed by atoms with Crippen LogP contribution in [0.15, 0.2) is 53.4 Å². The van der Waals surface area contributed by atoms with E-state index >= 15 is 0 Å². The van der Waals surface area contributed by atoms with E-state index < -0.39 is 17.1 Å². The molecule has 0 unspecified atom stereocenters. The maximum atomic E-state index is 12.6. The summed E-state index contributed by atoms with van der Waals surface area (Å²) >= 11 is 6.81. The molecular weight excluding hydrogens is 412 g/mol. The van der Waals surface area contributed by atoms with Gasteiger partial charge in [-0.15, -0.1) is 0 Å². The first-order valence-corrected chi connectivity index (χ1v) is 10.1. The largest absolute Gasteiger partial charge is 0.491 e. The van der Waals surface area contributed by atoms with Gasteiger partial charge in [0.2, 0.25) is 5.91 Å². The zero-order valence-corrected chi connectivity index (χ0v) is 17.4. The van der Waals surface area contributed by atoms with Crippen molar-refractivity contribution >= 4 is 52.2 Å². The van der Waals surface area contributed by atoms with Crippen molar-refractivity contribution in [2.45, 2.75) is 20.0 Å². The third kappa shape index (κ3) is 5.40. The van der Waals surface area contributed by atoms with Gasteiger partial charge < -0.3 is 10.1 Å². The van der Waals surface area contributed by atoms with E-state index in [2.05, 4.69) is 5.32 Å². The van der Waals surface area contributed by atoms with Crippen LogP contribution >= 0.6 is 23.4 Å². The van der Waals surface area contributed by atoms with Crippen LogP contribution in [-0.2, 0) is 9.59 Å². The fourth-order valence-corrected chi connectivity index (χ4v) is 3.62. The van der Waals surface area contributed by atoms with E-state index in [-0.39, 0.29) is 17.6 Å². The van der Waals surface area contributed by atoms with Crippen molar-refractivity contribution in [2.75, 3.05) is 11.9 Å². The van der Waals surface area contributed by atoms with E-state index in [1.54, 1.807) is 54.6 Å². The maximum Gasteiger partial charge on any atom is 0.294 e. The Balaban J connectivity index is 1.66. The van der Waals surface area contributed by atoms with Gasteiger partial charge in [0.05, 0.1) is 21.7 Å². The molecule has 8 heteroatoms. The van der Waals surface area contributed by atoms with Crippen LogP contribution in [0.3, 0.4) is 0 Å². The third-order valence-electron chi connectivity index (χ3n) is 3.87. The zero-order valence-electron chi connectivity index (χ0n) is 15.8. The lowest BCUT2D eigenvalue weighted by Crippen LogP contribution is -2.36. The number of benzene rings is 2. The molecule has 0 aromatic heterocycles. The molecule has 2 aromatic rings. The van der Waals surface area contributed by atoms with Crippen LogP contribution in [0.1, 0.15) is 19.4 Å². The topological polar surface area (TPSA) is 75.7 Å². The number of ether oxygens (including phenoxy) is 1. The number of nitrogens with one attached hydrogen (secondary N) is 1. The average molecular weight is 431 g/mol. The minimum absolute atomic E-state index is 0.0641. The van der Waals surface area contributed by atoms with E-state index in [0.717, 1.165) is 28.0 Å². The smallest absolute Gasteiger partial charge is 0.294 e. The van der Waals surface area contributed by atoms with Gasteiger partial charge in [-0.3, -0.25) is 19.3 Å². The second-order valence-electron chi connectivity index (χ2n) is 6.53. The normalized spacial score (nSPS) is 15.3. The number of thioether (sulfide) groups is 1. The Morgan fingerprint density at radius 3 is 2.52 bits per heavy atom. The Morgan fingerprint density at radius 2 is 1.86 bits per heavy atom. The van der Waals surface area contributed by atoms with Gasteiger partial charge in [0.15, 0.2) is 0 Å². The molecule has 2 aromatic carbocycles. The number of para-hydroxylation sites is 1. The number of rotatable bonds is 6. The first-order valence-electron chi connectivity index (χ1n) is 8.90. The van der Waals surface area contributed by atoms with Crippen LogP contribution in [0.5, 0.6) is 5.75 Å². The standard InChI is InChI=1S/C21H19ClN2O4S/c1-13(2)28-15-9-7-14(8-10-15)11-18-20(26)24(21(27)29-18)12-19(25)23-17-6-4-3-5-16(17)22/h3-11,13H,12H2,1-2H3,(H,23,25)/b18-11+. The molecule has 1 fully saturated rings. The van der Waals surface area contributed by atoms with Crippen molar-refractivity contribution in [1.82, 2.24) is 4.90 Å². The van der Waals surface area contributed by atoms with Crippen LogP contribution in [0.2, 0.25) is 5.02 Å². The van der Waals surface area contributed by atoms with Crippen molar-refractivity contribution in [1.29, 1.82) is 0 Å². The van der Waals surface area contributed by atoms with Gasteiger partial charge in [-0.25, -0.2) is 0 Å². The van der Waals surface area contributed by atoms with Gasteiger partial charge >= 0.3 is 0 Å². The summed E-state index contributed by atoms with van der Waals surface area (Å²) in [6, 6.07) is 13.9. The minimum Gasteiger partial charge on any atom is -0.491 e. The summed E-state index contributed by atoms with van der Waals surface area (Å²) in [5.74, 6) is -0.282. The monoisotopic (exact) mass is 430 g/mol. The molecule has 1 N–H and O–H groups in total. The van der Waals surface area contributed by atoms with Gasteiger partial charge in [-0.1, -0.05) is 35.9 Å².